The van der Waals surface area contributed by atoms with Gasteiger partial charge in [0.15, 0.2) is 0 Å². The van der Waals surface area contributed by atoms with Crippen molar-refractivity contribution in [1.82, 2.24) is 4.90 Å². The maximum Gasteiger partial charge on any atom is 0.401 e. The van der Waals surface area contributed by atoms with E-state index in [0.29, 0.717) is 19.5 Å². The van der Waals surface area contributed by atoms with Crippen LogP contribution in [0.15, 0.2) is 0 Å². The van der Waals surface area contributed by atoms with Gasteiger partial charge < -0.3 is 5.11 Å². The quantitative estimate of drug-likeness (QED) is 0.699. The monoisotopic (exact) mass is 213 g/mol. The Hall–Kier alpha value is -0.290. The third kappa shape index (κ3) is 8.31. The zero-order valence-electron chi connectivity index (χ0n) is 8.48. The standard InChI is InChI=1S/C9H18F3NO/c1-2-3-5-13(6-4-7-14)8-9(10,11)12/h14H,2-8H2,1H3. The van der Waals surface area contributed by atoms with Gasteiger partial charge in [0, 0.05) is 13.2 Å². The Morgan fingerprint density at radius 2 is 1.71 bits per heavy atom. The van der Waals surface area contributed by atoms with Crippen molar-refractivity contribution in [2.45, 2.75) is 32.4 Å². The van der Waals surface area contributed by atoms with Crippen molar-refractivity contribution in [2.75, 3.05) is 26.2 Å². The Kier molecular flexibility index (Phi) is 6.92. The number of rotatable bonds is 7. The Bertz CT molecular complexity index is 131. The van der Waals surface area contributed by atoms with Crippen LogP contribution in [0.1, 0.15) is 26.2 Å². The number of aliphatic hydroxyl groups is 1. The van der Waals surface area contributed by atoms with Crippen LogP contribution >= 0.6 is 0 Å². The van der Waals surface area contributed by atoms with Gasteiger partial charge in [-0.3, -0.25) is 4.90 Å². The van der Waals surface area contributed by atoms with Gasteiger partial charge in [-0.05, 0) is 19.4 Å². The van der Waals surface area contributed by atoms with E-state index in [1.54, 1.807) is 0 Å². The van der Waals surface area contributed by atoms with Gasteiger partial charge in [0.05, 0.1) is 6.54 Å². The fraction of sp³-hybridized carbons (Fsp3) is 1.00. The molecule has 0 unspecified atom stereocenters. The molecule has 0 radical (unpaired) electrons. The number of aliphatic hydroxyl groups excluding tert-OH is 1. The van der Waals surface area contributed by atoms with Crippen LogP contribution in [0.25, 0.3) is 0 Å². The van der Waals surface area contributed by atoms with Crippen LogP contribution in [0.3, 0.4) is 0 Å². The first kappa shape index (κ1) is 13.7. The molecular weight excluding hydrogens is 195 g/mol. The minimum Gasteiger partial charge on any atom is -0.396 e. The number of alkyl halides is 3. The second-order valence-electron chi connectivity index (χ2n) is 3.32. The Morgan fingerprint density at radius 3 is 2.14 bits per heavy atom. The Labute approximate surface area is 82.7 Å². The lowest BCUT2D eigenvalue weighted by molar-refractivity contribution is -0.146. The van der Waals surface area contributed by atoms with E-state index in [1.165, 1.54) is 4.90 Å². The zero-order valence-corrected chi connectivity index (χ0v) is 8.48. The van der Waals surface area contributed by atoms with E-state index < -0.39 is 12.7 Å². The lowest BCUT2D eigenvalue weighted by atomic mass is 10.3. The number of hydrogen-bond acceptors (Lipinski definition) is 2. The highest BCUT2D eigenvalue weighted by Gasteiger charge is 2.29. The summed E-state index contributed by atoms with van der Waals surface area (Å²) < 4.78 is 36.2. The van der Waals surface area contributed by atoms with E-state index >= 15 is 0 Å². The molecule has 0 aromatic carbocycles. The van der Waals surface area contributed by atoms with E-state index in [9.17, 15) is 13.2 Å². The van der Waals surface area contributed by atoms with Gasteiger partial charge >= 0.3 is 6.18 Å². The molecule has 0 heterocycles. The molecule has 0 aromatic heterocycles. The summed E-state index contributed by atoms with van der Waals surface area (Å²) in [7, 11) is 0. The summed E-state index contributed by atoms with van der Waals surface area (Å²) in [5.74, 6) is 0. The third-order valence-electron chi connectivity index (χ3n) is 1.86. The summed E-state index contributed by atoms with van der Waals surface area (Å²) in [6.07, 6.45) is -2.09. The first-order valence-corrected chi connectivity index (χ1v) is 4.89. The molecule has 0 saturated heterocycles. The molecule has 0 rings (SSSR count). The number of hydrogen-bond donors (Lipinski definition) is 1. The molecule has 0 atom stereocenters. The first-order chi connectivity index (χ1) is 6.49. The number of unbranched alkanes of at least 4 members (excludes halogenated alkanes) is 1. The Morgan fingerprint density at radius 1 is 1.14 bits per heavy atom. The molecule has 86 valence electrons. The molecule has 0 amide bonds. The SMILES string of the molecule is CCCCN(CCCO)CC(F)(F)F. The van der Waals surface area contributed by atoms with Crippen LogP contribution in [-0.2, 0) is 0 Å². The lowest BCUT2D eigenvalue weighted by Crippen LogP contribution is -2.36. The zero-order chi connectivity index (χ0) is 11.0. The van der Waals surface area contributed by atoms with E-state index in [4.69, 9.17) is 5.11 Å². The fourth-order valence-electron chi connectivity index (χ4n) is 1.20. The molecule has 0 fully saturated rings. The minimum absolute atomic E-state index is 0.0551. The van der Waals surface area contributed by atoms with Crippen LogP contribution in [-0.4, -0.2) is 42.4 Å². The molecule has 14 heavy (non-hydrogen) atoms. The fourth-order valence-corrected chi connectivity index (χ4v) is 1.20. The largest absolute Gasteiger partial charge is 0.401 e. The van der Waals surface area contributed by atoms with Crippen LogP contribution in [0.4, 0.5) is 13.2 Å². The summed E-state index contributed by atoms with van der Waals surface area (Å²) >= 11 is 0. The van der Waals surface area contributed by atoms with E-state index in [0.717, 1.165) is 12.8 Å². The molecule has 1 N–H and O–H groups in total. The van der Waals surface area contributed by atoms with Crippen LogP contribution in [0, 0.1) is 0 Å². The maximum absolute atomic E-state index is 12.1. The maximum atomic E-state index is 12.1. The van der Waals surface area contributed by atoms with Crippen molar-refractivity contribution in [3.8, 4) is 0 Å². The smallest absolute Gasteiger partial charge is 0.396 e. The number of halogens is 3. The summed E-state index contributed by atoms with van der Waals surface area (Å²) in [6.45, 7) is 1.79. The molecule has 5 heteroatoms. The van der Waals surface area contributed by atoms with E-state index in [1.807, 2.05) is 6.92 Å². The van der Waals surface area contributed by atoms with Crippen LogP contribution in [0.2, 0.25) is 0 Å². The highest BCUT2D eigenvalue weighted by atomic mass is 19.4. The third-order valence-corrected chi connectivity index (χ3v) is 1.86. The average molecular weight is 213 g/mol. The highest BCUT2D eigenvalue weighted by Crippen LogP contribution is 2.16. The predicted molar refractivity (Wildman–Crippen MR) is 49.1 cm³/mol. The summed E-state index contributed by atoms with van der Waals surface area (Å²) in [5, 5.41) is 8.53. The summed E-state index contributed by atoms with van der Waals surface area (Å²) in [6, 6.07) is 0. The second kappa shape index (κ2) is 7.06. The van der Waals surface area contributed by atoms with Gasteiger partial charge in [0.1, 0.15) is 0 Å². The van der Waals surface area contributed by atoms with Gasteiger partial charge in [-0.15, -0.1) is 0 Å². The summed E-state index contributed by atoms with van der Waals surface area (Å²) in [5.41, 5.74) is 0. The van der Waals surface area contributed by atoms with Crippen molar-refractivity contribution in [3.63, 3.8) is 0 Å². The van der Waals surface area contributed by atoms with E-state index in [2.05, 4.69) is 0 Å². The molecule has 0 bridgehead atoms. The van der Waals surface area contributed by atoms with Crippen molar-refractivity contribution < 1.29 is 18.3 Å². The molecule has 0 aliphatic carbocycles. The lowest BCUT2D eigenvalue weighted by Gasteiger charge is -2.22. The molecule has 0 aromatic rings. The van der Waals surface area contributed by atoms with Crippen LogP contribution in [0.5, 0.6) is 0 Å². The molecule has 0 saturated carbocycles. The Balaban J connectivity index is 3.84. The van der Waals surface area contributed by atoms with Crippen molar-refractivity contribution in [2.24, 2.45) is 0 Å². The normalized spacial score (nSPS) is 12.4. The number of nitrogens with zero attached hydrogens (tertiary/aromatic N) is 1. The molecule has 0 aliphatic rings. The summed E-state index contributed by atoms with van der Waals surface area (Å²) in [4.78, 5) is 1.35. The van der Waals surface area contributed by atoms with Gasteiger partial charge in [-0.25, -0.2) is 0 Å². The molecular formula is C9H18F3NO. The second-order valence-corrected chi connectivity index (χ2v) is 3.32. The molecule has 0 aliphatic heterocycles. The molecule has 2 nitrogen and oxygen atoms in total. The van der Waals surface area contributed by atoms with Crippen molar-refractivity contribution in [3.05, 3.63) is 0 Å². The minimum atomic E-state index is -4.14. The highest BCUT2D eigenvalue weighted by molar-refractivity contribution is 4.63. The van der Waals surface area contributed by atoms with Gasteiger partial charge in [-0.1, -0.05) is 13.3 Å². The topological polar surface area (TPSA) is 23.5 Å². The predicted octanol–water partition coefficient (Wildman–Crippen LogP) is 2.03. The van der Waals surface area contributed by atoms with E-state index in [-0.39, 0.29) is 6.61 Å². The molecule has 0 spiro atoms. The van der Waals surface area contributed by atoms with Crippen molar-refractivity contribution >= 4 is 0 Å². The average Bonchev–Trinajstić information content (AvgIpc) is 2.07. The first-order valence-electron chi connectivity index (χ1n) is 4.89. The van der Waals surface area contributed by atoms with Crippen LogP contribution < -0.4 is 0 Å². The van der Waals surface area contributed by atoms with Gasteiger partial charge in [0.2, 0.25) is 0 Å². The van der Waals surface area contributed by atoms with Gasteiger partial charge in [-0.2, -0.15) is 13.2 Å². The van der Waals surface area contributed by atoms with Gasteiger partial charge in [0.25, 0.3) is 0 Å². The van der Waals surface area contributed by atoms with Crippen molar-refractivity contribution in [1.29, 1.82) is 0 Å².